The van der Waals surface area contributed by atoms with Crippen LogP contribution in [0.25, 0.3) is 11.0 Å². The highest BCUT2D eigenvalue weighted by Crippen LogP contribution is 2.10. The Hall–Kier alpha value is -2.89. The maximum absolute atomic E-state index is 13.1. The summed E-state index contributed by atoms with van der Waals surface area (Å²) in [7, 11) is 0. The largest absolute Gasteiger partial charge is 0.352 e. The number of H-pyrrole nitrogens is 2. The second kappa shape index (κ2) is 6.48. The van der Waals surface area contributed by atoms with Gasteiger partial charge in [0.15, 0.2) is 0 Å². The maximum Gasteiger partial charge on any atom is 0.323 e. The summed E-state index contributed by atoms with van der Waals surface area (Å²) in [5, 5.41) is 2.82. The number of imidazole rings is 1. The molecule has 0 aliphatic heterocycles. The Morgan fingerprint density at radius 2 is 1.87 bits per heavy atom. The van der Waals surface area contributed by atoms with Crippen molar-refractivity contribution in [3.05, 3.63) is 69.9 Å². The Bertz CT molecular complexity index is 898. The fourth-order valence-electron chi connectivity index (χ4n) is 2.43. The van der Waals surface area contributed by atoms with E-state index in [1.165, 1.54) is 12.1 Å². The van der Waals surface area contributed by atoms with Gasteiger partial charge >= 0.3 is 5.69 Å². The Labute approximate surface area is 131 Å². The van der Waals surface area contributed by atoms with E-state index in [1.807, 2.05) is 12.1 Å². The molecule has 0 saturated heterocycles. The van der Waals surface area contributed by atoms with Crippen LogP contribution in [0, 0.1) is 5.82 Å². The van der Waals surface area contributed by atoms with Crippen molar-refractivity contribution in [2.45, 2.75) is 19.4 Å². The topological polar surface area (TPSA) is 77.8 Å². The van der Waals surface area contributed by atoms with Gasteiger partial charge in [-0.25, -0.2) is 9.18 Å². The number of rotatable bonds is 5. The number of nitrogens with one attached hydrogen (secondary N) is 3. The first-order valence-electron chi connectivity index (χ1n) is 7.32. The van der Waals surface area contributed by atoms with E-state index in [-0.39, 0.29) is 17.4 Å². The third-order valence-corrected chi connectivity index (χ3v) is 3.60. The summed E-state index contributed by atoms with van der Waals surface area (Å²) in [5.74, 6) is -0.395. The van der Waals surface area contributed by atoms with Crippen molar-refractivity contribution >= 4 is 16.9 Å². The number of carbonyl (C=O) groups excluding carboxylic acids is 1. The van der Waals surface area contributed by atoms with Gasteiger partial charge in [0.05, 0.1) is 11.0 Å². The molecule has 0 fully saturated rings. The molecule has 1 amide bonds. The minimum atomic E-state index is -0.295. The second-order valence-electron chi connectivity index (χ2n) is 5.37. The molecule has 23 heavy (non-hydrogen) atoms. The molecule has 0 unspecified atom stereocenters. The summed E-state index contributed by atoms with van der Waals surface area (Å²) < 4.78 is 13.1. The van der Waals surface area contributed by atoms with Gasteiger partial charge in [0.1, 0.15) is 5.82 Å². The van der Waals surface area contributed by atoms with Crippen molar-refractivity contribution in [3.8, 4) is 0 Å². The summed E-state index contributed by atoms with van der Waals surface area (Å²) in [6.45, 7) is 0.380. The van der Waals surface area contributed by atoms with E-state index in [0.717, 1.165) is 16.6 Å². The zero-order valence-corrected chi connectivity index (χ0v) is 12.4. The monoisotopic (exact) mass is 313 g/mol. The fourth-order valence-corrected chi connectivity index (χ4v) is 2.43. The summed E-state index contributed by atoms with van der Waals surface area (Å²) >= 11 is 0. The quantitative estimate of drug-likeness (QED) is 0.675. The number of fused-ring (bicyclic) bond motifs is 1. The maximum atomic E-state index is 13.1. The normalized spacial score (nSPS) is 10.8. The van der Waals surface area contributed by atoms with Crippen LogP contribution in [0.4, 0.5) is 4.39 Å². The van der Waals surface area contributed by atoms with E-state index in [9.17, 15) is 14.0 Å². The number of hydrogen-bond acceptors (Lipinski definition) is 2. The number of aryl methyl sites for hydroxylation is 1. The van der Waals surface area contributed by atoms with Gasteiger partial charge in [-0.3, -0.25) is 4.79 Å². The van der Waals surface area contributed by atoms with E-state index in [1.54, 1.807) is 18.2 Å². The van der Waals surface area contributed by atoms with Crippen molar-refractivity contribution in [2.24, 2.45) is 0 Å². The van der Waals surface area contributed by atoms with Crippen LogP contribution in [0.3, 0.4) is 0 Å². The van der Waals surface area contributed by atoms with E-state index in [4.69, 9.17) is 0 Å². The van der Waals surface area contributed by atoms with Crippen LogP contribution in [0.2, 0.25) is 0 Å². The third-order valence-electron chi connectivity index (χ3n) is 3.60. The van der Waals surface area contributed by atoms with Crippen molar-refractivity contribution in [2.75, 3.05) is 0 Å². The molecule has 118 valence electrons. The van der Waals surface area contributed by atoms with E-state index >= 15 is 0 Å². The molecule has 0 aliphatic rings. The lowest BCUT2D eigenvalue weighted by molar-refractivity contribution is -0.121. The molecule has 3 aromatic rings. The summed E-state index contributed by atoms with van der Waals surface area (Å²) in [6.07, 6.45) is 0.792. The van der Waals surface area contributed by atoms with Crippen molar-refractivity contribution in [3.63, 3.8) is 0 Å². The van der Waals surface area contributed by atoms with Crippen molar-refractivity contribution in [1.29, 1.82) is 0 Å². The van der Waals surface area contributed by atoms with E-state index in [2.05, 4.69) is 15.3 Å². The number of halogens is 1. The molecule has 0 spiro atoms. The van der Waals surface area contributed by atoms with Crippen LogP contribution in [0.1, 0.15) is 17.5 Å². The first-order chi connectivity index (χ1) is 11.1. The molecule has 3 N–H and O–H groups in total. The molecular weight excluding hydrogens is 297 g/mol. The Balaban J connectivity index is 1.54. The van der Waals surface area contributed by atoms with Gasteiger partial charge in [0.2, 0.25) is 5.91 Å². The van der Waals surface area contributed by atoms with Crippen LogP contribution >= 0.6 is 0 Å². The van der Waals surface area contributed by atoms with Gasteiger partial charge in [0.25, 0.3) is 0 Å². The Morgan fingerprint density at radius 1 is 1.04 bits per heavy atom. The first kappa shape index (κ1) is 15.0. The minimum Gasteiger partial charge on any atom is -0.352 e. The summed E-state index contributed by atoms with van der Waals surface area (Å²) in [4.78, 5) is 28.4. The van der Waals surface area contributed by atoms with Crippen LogP contribution < -0.4 is 11.0 Å². The lowest BCUT2D eigenvalue weighted by Crippen LogP contribution is -2.23. The highest BCUT2D eigenvalue weighted by atomic mass is 19.1. The Kier molecular flexibility index (Phi) is 4.23. The second-order valence-corrected chi connectivity index (χ2v) is 5.37. The molecule has 6 heteroatoms. The van der Waals surface area contributed by atoms with Gasteiger partial charge < -0.3 is 15.3 Å². The highest BCUT2D eigenvalue weighted by Gasteiger charge is 2.05. The molecule has 0 atom stereocenters. The van der Waals surface area contributed by atoms with Crippen LogP contribution in [0.5, 0.6) is 0 Å². The number of carbonyl (C=O) groups is 1. The molecule has 3 rings (SSSR count). The Morgan fingerprint density at radius 3 is 2.70 bits per heavy atom. The van der Waals surface area contributed by atoms with Crippen LogP contribution in [0.15, 0.2) is 47.3 Å². The molecule has 2 aromatic carbocycles. The van der Waals surface area contributed by atoms with E-state index < -0.39 is 0 Å². The molecule has 1 aromatic heterocycles. The first-order valence-corrected chi connectivity index (χ1v) is 7.32. The lowest BCUT2D eigenvalue weighted by atomic mass is 10.1. The fraction of sp³-hybridized carbons (Fsp3) is 0.176. The van der Waals surface area contributed by atoms with E-state index in [0.29, 0.717) is 24.9 Å². The molecule has 0 bridgehead atoms. The van der Waals surface area contributed by atoms with Crippen LogP contribution in [-0.2, 0) is 17.8 Å². The number of aromatic nitrogens is 2. The van der Waals surface area contributed by atoms with Crippen molar-refractivity contribution < 1.29 is 9.18 Å². The average molecular weight is 313 g/mol. The molecule has 1 heterocycles. The molecular formula is C17H16FN3O2. The smallest absolute Gasteiger partial charge is 0.323 e. The predicted octanol–water partition coefficient (Wildman–Crippen LogP) is 2.24. The SMILES string of the molecule is O=C(CCc1cccc(F)c1)NCc1ccc2[nH]c(=O)[nH]c2c1. The van der Waals surface area contributed by atoms with Crippen molar-refractivity contribution in [1.82, 2.24) is 15.3 Å². The highest BCUT2D eigenvalue weighted by molar-refractivity contribution is 5.77. The average Bonchev–Trinajstić information content (AvgIpc) is 2.90. The predicted molar refractivity (Wildman–Crippen MR) is 85.5 cm³/mol. The molecule has 0 aliphatic carbocycles. The number of hydrogen-bond donors (Lipinski definition) is 3. The molecule has 0 saturated carbocycles. The zero-order valence-electron chi connectivity index (χ0n) is 12.4. The molecule has 0 radical (unpaired) electrons. The third kappa shape index (κ3) is 3.85. The minimum absolute atomic E-state index is 0.100. The van der Waals surface area contributed by atoms with Gasteiger partial charge in [0, 0.05) is 13.0 Å². The van der Waals surface area contributed by atoms with Gasteiger partial charge in [-0.2, -0.15) is 0 Å². The van der Waals surface area contributed by atoms with Crippen LogP contribution in [-0.4, -0.2) is 15.9 Å². The summed E-state index contributed by atoms with van der Waals surface area (Å²) in [5.41, 5.74) is 2.88. The lowest BCUT2D eigenvalue weighted by Gasteiger charge is -2.06. The summed E-state index contributed by atoms with van der Waals surface area (Å²) in [6, 6.07) is 11.7. The zero-order chi connectivity index (χ0) is 16.2. The number of benzene rings is 2. The number of amides is 1. The molecule has 5 nitrogen and oxygen atoms in total. The van der Waals surface area contributed by atoms with Gasteiger partial charge in [-0.05, 0) is 41.8 Å². The van der Waals surface area contributed by atoms with Gasteiger partial charge in [-0.1, -0.05) is 18.2 Å². The van der Waals surface area contributed by atoms with Gasteiger partial charge in [-0.15, -0.1) is 0 Å². The standard InChI is InChI=1S/C17H16FN3O2/c18-13-3-1-2-11(8-13)5-7-16(22)19-10-12-4-6-14-15(9-12)21-17(23)20-14/h1-4,6,8-9H,5,7,10H2,(H,19,22)(H2,20,21,23). The number of aromatic amines is 2.